The highest BCUT2D eigenvalue weighted by Gasteiger charge is 2.46. The highest BCUT2D eigenvalue weighted by Crippen LogP contribution is 2.35. The minimum Gasteiger partial charge on any atom is -0.497 e. The fraction of sp³-hybridized carbons (Fsp3) is 0.333. The largest absolute Gasteiger partial charge is 0.497 e. The lowest BCUT2D eigenvalue weighted by Gasteiger charge is -2.29. The number of likely N-dealkylation sites (N-methyl/N-ethyl adjacent to an activating group) is 1. The van der Waals surface area contributed by atoms with Gasteiger partial charge in [0.25, 0.3) is 0 Å². The van der Waals surface area contributed by atoms with Crippen LogP contribution in [0.3, 0.4) is 0 Å². The molecule has 0 N–H and O–H groups in total. The number of rotatable bonds is 4. The zero-order chi connectivity index (χ0) is 18.8. The number of ether oxygens (including phenoxy) is 1. The number of hydrogen-bond acceptors (Lipinski definition) is 3. The van der Waals surface area contributed by atoms with Gasteiger partial charge in [0.1, 0.15) is 18.0 Å². The molecule has 2 aromatic carbocycles. The van der Waals surface area contributed by atoms with Crippen LogP contribution in [-0.4, -0.2) is 41.8 Å². The van der Waals surface area contributed by atoms with Crippen molar-refractivity contribution in [3.63, 3.8) is 0 Å². The SMILES string of the molecule is COc1ccc(CC2C(=O)N(C)C(c3ccc(C)cc3)N2C(C)=O)cc1. The Hall–Kier alpha value is -2.82. The molecule has 26 heavy (non-hydrogen) atoms. The third-order valence-electron chi connectivity index (χ3n) is 4.93. The van der Waals surface area contributed by atoms with E-state index in [1.165, 1.54) is 6.92 Å². The maximum Gasteiger partial charge on any atom is 0.247 e. The molecule has 136 valence electrons. The zero-order valence-electron chi connectivity index (χ0n) is 15.6. The van der Waals surface area contributed by atoms with Crippen molar-refractivity contribution >= 4 is 11.8 Å². The lowest BCUT2D eigenvalue weighted by Crippen LogP contribution is -2.39. The monoisotopic (exact) mass is 352 g/mol. The molecule has 0 radical (unpaired) electrons. The Morgan fingerprint density at radius 1 is 1.08 bits per heavy atom. The van der Waals surface area contributed by atoms with Gasteiger partial charge >= 0.3 is 0 Å². The summed E-state index contributed by atoms with van der Waals surface area (Å²) >= 11 is 0. The molecule has 2 amide bonds. The van der Waals surface area contributed by atoms with Gasteiger partial charge in [-0.05, 0) is 30.2 Å². The molecule has 0 saturated carbocycles. The summed E-state index contributed by atoms with van der Waals surface area (Å²) in [6.07, 6.45) is 0.110. The highest BCUT2D eigenvalue weighted by atomic mass is 16.5. The predicted molar refractivity (Wildman–Crippen MR) is 99.7 cm³/mol. The number of carbonyl (C=O) groups is 2. The molecule has 1 aliphatic rings. The quantitative estimate of drug-likeness (QED) is 0.850. The first kappa shape index (κ1) is 18.0. The maximum atomic E-state index is 12.9. The summed E-state index contributed by atoms with van der Waals surface area (Å²) in [6, 6.07) is 15.1. The van der Waals surface area contributed by atoms with Crippen LogP contribution in [0.15, 0.2) is 48.5 Å². The van der Waals surface area contributed by atoms with Crippen molar-refractivity contribution in [3.8, 4) is 5.75 Å². The zero-order valence-corrected chi connectivity index (χ0v) is 15.6. The second kappa shape index (κ2) is 7.20. The second-order valence-electron chi connectivity index (χ2n) is 6.73. The molecular weight excluding hydrogens is 328 g/mol. The molecule has 0 aromatic heterocycles. The number of hydrogen-bond donors (Lipinski definition) is 0. The summed E-state index contributed by atoms with van der Waals surface area (Å²) in [5, 5.41) is 0. The van der Waals surface area contributed by atoms with E-state index in [1.54, 1.807) is 24.0 Å². The van der Waals surface area contributed by atoms with Gasteiger partial charge in [0.15, 0.2) is 0 Å². The average Bonchev–Trinajstić information content (AvgIpc) is 2.88. The van der Waals surface area contributed by atoms with Gasteiger partial charge in [0.05, 0.1) is 7.11 Å². The lowest BCUT2D eigenvalue weighted by molar-refractivity contribution is -0.134. The van der Waals surface area contributed by atoms with Gasteiger partial charge in [-0.15, -0.1) is 0 Å². The van der Waals surface area contributed by atoms with Crippen molar-refractivity contribution in [2.45, 2.75) is 32.5 Å². The van der Waals surface area contributed by atoms with Crippen LogP contribution in [0, 0.1) is 6.92 Å². The molecule has 1 heterocycles. The molecule has 2 aromatic rings. The molecule has 0 bridgehead atoms. The molecule has 5 nitrogen and oxygen atoms in total. The first-order chi connectivity index (χ1) is 12.4. The van der Waals surface area contributed by atoms with Gasteiger partial charge in [0.2, 0.25) is 11.8 Å². The number of nitrogens with zero attached hydrogens (tertiary/aromatic N) is 2. The van der Waals surface area contributed by atoms with Gasteiger partial charge in [-0.2, -0.15) is 0 Å². The molecule has 0 aliphatic carbocycles. The number of benzene rings is 2. The Kier molecular flexibility index (Phi) is 4.98. The molecule has 1 fully saturated rings. The standard InChI is InChI=1S/C21H24N2O3/c1-14-5-9-17(10-6-14)20-22(3)21(25)19(23(20)15(2)24)13-16-7-11-18(26-4)12-8-16/h5-12,19-20H,13H2,1-4H3. The van der Waals surface area contributed by atoms with Crippen molar-refractivity contribution in [2.24, 2.45) is 0 Å². The Morgan fingerprint density at radius 3 is 2.23 bits per heavy atom. The molecule has 1 saturated heterocycles. The fourth-order valence-electron chi connectivity index (χ4n) is 3.52. The van der Waals surface area contributed by atoms with E-state index in [9.17, 15) is 9.59 Å². The summed E-state index contributed by atoms with van der Waals surface area (Å²) in [5.74, 6) is 0.623. The third-order valence-corrected chi connectivity index (χ3v) is 4.93. The maximum absolute atomic E-state index is 12.9. The van der Waals surface area contributed by atoms with Crippen molar-refractivity contribution in [2.75, 3.05) is 14.2 Å². The first-order valence-corrected chi connectivity index (χ1v) is 8.67. The fourth-order valence-corrected chi connectivity index (χ4v) is 3.52. The number of carbonyl (C=O) groups excluding carboxylic acids is 2. The summed E-state index contributed by atoms with van der Waals surface area (Å²) in [5.41, 5.74) is 3.08. The predicted octanol–water partition coefficient (Wildman–Crippen LogP) is 2.93. The molecule has 0 spiro atoms. The van der Waals surface area contributed by atoms with Crippen molar-refractivity contribution in [3.05, 3.63) is 65.2 Å². The molecule has 1 aliphatic heterocycles. The van der Waals surface area contributed by atoms with Crippen LogP contribution in [0.2, 0.25) is 0 Å². The van der Waals surface area contributed by atoms with Crippen LogP contribution in [0.25, 0.3) is 0 Å². The Labute approximate surface area is 154 Å². The van der Waals surface area contributed by atoms with Crippen LogP contribution < -0.4 is 4.74 Å². The average molecular weight is 352 g/mol. The summed E-state index contributed by atoms with van der Waals surface area (Å²) in [7, 11) is 3.38. The van der Waals surface area contributed by atoms with E-state index in [0.717, 1.165) is 22.4 Å². The van der Waals surface area contributed by atoms with E-state index in [2.05, 4.69) is 0 Å². The van der Waals surface area contributed by atoms with E-state index in [4.69, 9.17) is 4.74 Å². The normalized spacial score (nSPS) is 19.8. The molecule has 5 heteroatoms. The minimum atomic E-state index is -0.503. The lowest BCUT2D eigenvalue weighted by atomic mass is 10.0. The van der Waals surface area contributed by atoms with Crippen molar-refractivity contribution in [1.82, 2.24) is 9.80 Å². The van der Waals surface area contributed by atoms with Crippen LogP contribution in [0.4, 0.5) is 0 Å². The Morgan fingerprint density at radius 2 is 1.69 bits per heavy atom. The number of amides is 2. The van der Waals surface area contributed by atoms with Gasteiger partial charge in [-0.3, -0.25) is 9.59 Å². The number of aryl methyl sites for hydroxylation is 1. The van der Waals surface area contributed by atoms with Gasteiger partial charge in [-0.25, -0.2) is 0 Å². The summed E-state index contributed by atoms with van der Waals surface area (Å²) < 4.78 is 5.18. The van der Waals surface area contributed by atoms with Crippen molar-refractivity contribution < 1.29 is 14.3 Å². The van der Waals surface area contributed by atoms with Crippen LogP contribution >= 0.6 is 0 Å². The van der Waals surface area contributed by atoms with E-state index in [1.807, 2.05) is 55.5 Å². The minimum absolute atomic E-state index is 0.0402. The van der Waals surface area contributed by atoms with E-state index < -0.39 is 6.04 Å². The van der Waals surface area contributed by atoms with Gasteiger partial charge in [-0.1, -0.05) is 42.0 Å². The van der Waals surface area contributed by atoms with Crippen LogP contribution in [0.1, 0.15) is 29.8 Å². The molecular formula is C21H24N2O3. The third kappa shape index (κ3) is 3.29. The topological polar surface area (TPSA) is 49.9 Å². The summed E-state index contributed by atoms with van der Waals surface area (Å²) in [4.78, 5) is 28.7. The second-order valence-corrected chi connectivity index (χ2v) is 6.73. The summed E-state index contributed by atoms with van der Waals surface area (Å²) in [6.45, 7) is 3.54. The Bertz CT molecular complexity index is 799. The van der Waals surface area contributed by atoms with Gasteiger partial charge in [0, 0.05) is 20.4 Å². The molecule has 3 rings (SSSR count). The first-order valence-electron chi connectivity index (χ1n) is 8.67. The van der Waals surface area contributed by atoms with Gasteiger partial charge < -0.3 is 14.5 Å². The number of methoxy groups -OCH3 is 1. The van der Waals surface area contributed by atoms with Crippen molar-refractivity contribution in [1.29, 1.82) is 0 Å². The molecule has 2 atom stereocenters. The van der Waals surface area contributed by atoms with E-state index in [0.29, 0.717) is 6.42 Å². The highest BCUT2D eigenvalue weighted by molar-refractivity contribution is 5.91. The van der Waals surface area contributed by atoms with E-state index >= 15 is 0 Å². The Balaban J connectivity index is 1.92. The molecule has 2 unspecified atom stereocenters. The van der Waals surface area contributed by atoms with E-state index in [-0.39, 0.29) is 18.0 Å². The van der Waals surface area contributed by atoms with Crippen LogP contribution in [-0.2, 0) is 16.0 Å². The van der Waals surface area contributed by atoms with Crippen LogP contribution in [0.5, 0.6) is 5.75 Å². The smallest absolute Gasteiger partial charge is 0.247 e.